The van der Waals surface area contributed by atoms with Crippen LogP contribution >= 0.6 is 12.6 Å². The summed E-state index contributed by atoms with van der Waals surface area (Å²) in [6.45, 7) is 3.69. The highest BCUT2D eigenvalue weighted by Crippen LogP contribution is 2.20. The van der Waals surface area contributed by atoms with Crippen molar-refractivity contribution in [3.8, 4) is 0 Å². The SMILES string of the molecule is Cc1cc(C)cc(S(=O)(=O)Nc2cccc(C(=O)CS)c2)c1. The van der Waals surface area contributed by atoms with E-state index in [2.05, 4.69) is 17.4 Å². The van der Waals surface area contributed by atoms with Gasteiger partial charge in [0.25, 0.3) is 10.0 Å². The van der Waals surface area contributed by atoms with Crippen molar-refractivity contribution in [2.24, 2.45) is 0 Å². The van der Waals surface area contributed by atoms with Gasteiger partial charge >= 0.3 is 0 Å². The molecule has 0 aliphatic rings. The van der Waals surface area contributed by atoms with E-state index in [9.17, 15) is 13.2 Å². The molecule has 0 heterocycles. The molecular formula is C16H17NO3S2. The second kappa shape index (κ2) is 6.54. The first kappa shape index (κ1) is 16.6. The van der Waals surface area contributed by atoms with E-state index >= 15 is 0 Å². The molecule has 0 saturated heterocycles. The van der Waals surface area contributed by atoms with Crippen molar-refractivity contribution in [2.45, 2.75) is 18.7 Å². The van der Waals surface area contributed by atoms with Gasteiger partial charge in [0.2, 0.25) is 0 Å². The molecule has 22 heavy (non-hydrogen) atoms. The van der Waals surface area contributed by atoms with Crippen LogP contribution in [0.4, 0.5) is 5.69 Å². The van der Waals surface area contributed by atoms with E-state index in [0.29, 0.717) is 11.3 Å². The molecule has 116 valence electrons. The Hall–Kier alpha value is -1.79. The molecule has 0 radical (unpaired) electrons. The third-order valence-corrected chi connectivity index (χ3v) is 4.73. The molecule has 4 nitrogen and oxygen atoms in total. The van der Waals surface area contributed by atoms with Crippen LogP contribution in [0, 0.1) is 13.8 Å². The number of carbonyl (C=O) groups is 1. The zero-order valence-electron chi connectivity index (χ0n) is 12.3. The van der Waals surface area contributed by atoms with Crippen molar-refractivity contribution in [1.29, 1.82) is 0 Å². The van der Waals surface area contributed by atoms with E-state index in [-0.39, 0.29) is 16.4 Å². The minimum absolute atomic E-state index is 0.0767. The van der Waals surface area contributed by atoms with Gasteiger partial charge in [-0.2, -0.15) is 12.6 Å². The summed E-state index contributed by atoms with van der Waals surface area (Å²) in [5, 5.41) is 0. The average molecular weight is 335 g/mol. The topological polar surface area (TPSA) is 63.2 Å². The van der Waals surface area contributed by atoms with Gasteiger partial charge in [-0.05, 0) is 49.2 Å². The number of aryl methyl sites for hydroxylation is 2. The quantitative estimate of drug-likeness (QED) is 0.651. The number of hydrogen-bond acceptors (Lipinski definition) is 4. The van der Waals surface area contributed by atoms with Crippen LogP contribution in [-0.4, -0.2) is 20.0 Å². The third kappa shape index (κ3) is 3.90. The summed E-state index contributed by atoms with van der Waals surface area (Å²) in [5.41, 5.74) is 2.53. The monoisotopic (exact) mass is 335 g/mol. The number of Topliss-reactive ketones (excluding diaryl/α,β-unsaturated/α-hetero) is 1. The van der Waals surface area contributed by atoms with Gasteiger partial charge in [-0.15, -0.1) is 0 Å². The van der Waals surface area contributed by atoms with E-state index in [1.807, 2.05) is 19.9 Å². The number of anilines is 1. The maximum absolute atomic E-state index is 12.4. The first-order valence-corrected chi connectivity index (χ1v) is 8.78. The lowest BCUT2D eigenvalue weighted by molar-refractivity contribution is 0.102. The second-order valence-electron chi connectivity index (χ2n) is 5.09. The molecule has 0 aliphatic carbocycles. The van der Waals surface area contributed by atoms with Crippen LogP contribution in [0.25, 0.3) is 0 Å². The number of carbonyl (C=O) groups excluding carboxylic acids is 1. The summed E-state index contributed by atoms with van der Waals surface area (Å²) < 4.78 is 27.4. The Balaban J connectivity index is 2.34. The van der Waals surface area contributed by atoms with Crippen LogP contribution in [0.3, 0.4) is 0 Å². The first-order chi connectivity index (χ1) is 10.3. The molecule has 0 spiro atoms. The number of sulfonamides is 1. The van der Waals surface area contributed by atoms with Crippen molar-refractivity contribution in [3.05, 3.63) is 59.2 Å². The number of benzene rings is 2. The Morgan fingerprint density at radius 2 is 1.73 bits per heavy atom. The first-order valence-electron chi connectivity index (χ1n) is 6.67. The Labute approximate surface area is 136 Å². The van der Waals surface area contributed by atoms with Crippen LogP contribution in [0.1, 0.15) is 21.5 Å². The van der Waals surface area contributed by atoms with Gasteiger partial charge in [0, 0.05) is 11.3 Å². The third-order valence-electron chi connectivity index (χ3n) is 3.09. The fraction of sp³-hybridized carbons (Fsp3) is 0.188. The highest BCUT2D eigenvalue weighted by atomic mass is 32.2. The van der Waals surface area contributed by atoms with Gasteiger partial charge in [-0.25, -0.2) is 8.42 Å². The van der Waals surface area contributed by atoms with Crippen molar-refractivity contribution >= 4 is 34.1 Å². The predicted molar refractivity (Wildman–Crippen MR) is 91.4 cm³/mol. The van der Waals surface area contributed by atoms with Gasteiger partial charge in [-0.3, -0.25) is 9.52 Å². The van der Waals surface area contributed by atoms with E-state index in [4.69, 9.17) is 0 Å². The lowest BCUT2D eigenvalue weighted by atomic mass is 10.1. The average Bonchev–Trinajstić information content (AvgIpc) is 2.45. The lowest BCUT2D eigenvalue weighted by Crippen LogP contribution is -2.14. The molecule has 0 saturated carbocycles. The van der Waals surface area contributed by atoms with Crippen LogP contribution in [0.15, 0.2) is 47.4 Å². The summed E-state index contributed by atoms with van der Waals surface area (Å²) in [4.78, 5) is 11.8. The van der Waals surface area contributed by atoms with Crippen LogP contribution in [0.2, 0.25) is 0 Å². The molecule has 6 heteroatoms. The van der Waals surface area contributed by atoms with Crippen LogP contribution < -0.4 is 4.72 Å². The molecule has 2 aromatic carbocycles. The summed E-state index contributed by atoms with van der Waals surface area (Å²) >= 11 is 3.94. The highest BCUT2D eigenvalue weighted by molar-refractivity contribution is 7.92. The number of hydrogen-bond donors (Lipinski definition) is 2. The smallest absolute Gasteiger partial charge is 0.261 e. The molecule has 0 bridgehead atoms. The number of nitrogens with one attached hydrogen (secondary N) is 1. The normalized spacial score (nSPS) is 11.2. The molecule has 2 rings (SSSR count). The van der Waals surface area contributed by atoms with E-state index in [1.165, 1.54) is 6.07 Å². The zero-order chi connectivity index (χ0) is 16.3. The van der Waals surface area contributed by atoms with Gasteiger partial charge in [-0.1, -0.05) is 18.2 Å². The minimum Gasteiger partial charge on any atom is -0.293 e. The van der Waals surface area contributed by atoms with Crippen molar-refractivity contribution in [2.75, 3.05) is 10.5 Å². The molecule has 2 aromatic rings. The molecule has 1 N–H and O–H groups in total. The predicted octanol–water partition coefficient (Wildman–Crippen LogP) is 3.22. The Morgan fingerprint density at radius 3 is 2.32 bits per heavy atom. The fourth-order valence-electron chi connectivity index (χ4n) is 2.15. The molecule has 0 atom stereocenters. The number of ketones is 1. The van der Waals surface area contributed by atoms with E-state index in [0.717, 1.165) is 11.1 Å². The van der Waals surface area contributed by atoms with E-state index < -0.39 is 10.0 Å². The zero-order valence-corrected chi connectivity index (χ0v) is 14.0. The van der Waals surface area contributed by atoms with Gasteiger partial charge in [0.05, 0.1) is 10.6 Å². The lowest BCUT2D eigenvalue weighted by Gasteiger charge is -2.10. The number of rotatable bonds is 5. The largest absolute Gasteiger partial charge is 0.293 e. The summed E-state index contributed by atoms with van der Waals surface area (Å²) in [5.74, 6) is -0.0800. The molecule has 0 aliphatic heterocycles. The Morgan fingerprint density at radius 1 is 1.09 bits per heavy atom. The molecule has 0 amide bonds. The number of thiol groups is 1. The van der Waals surface area contributed by atoms with Crippen LogP contribution in [0.5, 0.6) is 0 Å². The standard InChI is InChI=1S/C16H17NO3S2/c1-11-6-12(2)8-15(7-11)22(19,20)17-14-5-3-4-13(9-14)16(18)10-21/h3-9,17,21H,10H2,1-2H3. The summed E-state index contributed by atoms with van der Waals surface area (Å²) in [6, 6.07) is 11.5. The highest BCUT2D eigenvalue weighted by Gasteiger charge is 2.15. The molecule has 0 unspecified atom stereocenters. The fourth-order valence-corrected chi connectivity index (χ4v) is 3.57. The second-order valence-corrected chi connectivity index (χ2v) is 7.09. The minimum atomic E-state index is -3.69. The maximum atomic E-state index is 12.4. The molecule has 0 aromatic heterocycles. The Kier molecular flexibility index (Phi) is 4.93. The summed E-state index contributed by atoms with van der Waals surface area (Å²) in [7, 11) is -3.69. The molecule has 0 fully saturated rings. The maximum Gasteiger partial charge on any atom is 0.261 e. The van der Waals surface area contributed by atoms with Gasteiger partial charge in [0.15, 0.2) is 5.78 Å². The summed E-state index contributed by atoms with van der Waals surface area (Å²) in [6.07, 6.45) is 0. The van der Waals surface area contributed by atoms with Crippen molar-refractivity contribution in [1.82, 2.24) is 0 Å². The van der Waals surface area contributed by atoms with Crippen molar-refractivity contribution < 1.29 is 13.2 Å². The Bertz CT molecular complexity index is 794. The van der Waals surface area contributed by atoms with Gasteiger partial charge < -0.3 is 0 Å². The molecular weight excluding hydrogens is 318 g/mol. The van der Waals surface area contributed by atoms with Crippen LogP contribution in [-0.2, 0) is 10.0 Å². The van der Waals surface area contributed by atoms with Gasteiger partial charge in [0.1, 0.15) is 0 Å². The van der Waals surface area contributed by atoms with E-state index in [1.54, 1.807) is 30.3 Å². The van der Waals surface area contributed by atoms with Crippen molar-refractivity contribution in [3.63, 3.8) is 0 Å².